The monoisotopic (exact) mass is 260 g/mol. The van der Waals surface area contributed by atoms with Gasteiger partial charge in [0.25, 0.3) is 0 Å². The number of rotatable bonds is 0. The van der Waals surface area contributed by atoms with Crippen molar-refractivity contribution in [2.45, 2.75) is 7.59 Å². The molecule has 0 aromatic heterocycles. The van der Waals surface area contributed by atoms with Gasteiger partial charge in [-0.05, 0) is 0 Å². The summed E-state index contributed by atoms with van der Waals surface area (Å²) in [5.41, 5.74) is -0.0880. The Kier molecular flexibility index (Phi) is 3.98. The molecule has 0 aliphatic heterocycles. The molecule has 10 heavy (non-hydrogen) atoms. The number of halogens is 6. The zero-order valence-corrected chi connectivity index (χ0v) is 9.01. The Bertz CT molecular complexity index is 121. The highest BCUT2D eigenvalue weighted by atomic mass is 35.6. The molecule has 0 nitrogen and oxygen atoms in total. The van der Waals surface area contributed by atoms with E-state index in [0.29, 0.717) is 0 Å². The predicted octanol–water partition coefficient (Wildman–Crippen LogP) is 4.28. The van der Waals surface area contributed by atoms with E-state index < -0.39 is 7.59 Å². The maximum atomic E-state index is 5.35. The van der Waals surface area contributed by atoms with Gasteiger partial charge in [-0.15, -0.1) is 0 Å². The summed E-state index contributed by atoms with van der Waals surface area (Å²) < 4.78 is -3.46. The van der Waals surface area contributed by atoms with Gasteiger partial charge in [-0.25, -0.2) is 0 Å². The first-order chi connectivity index (χ1) is 4.15. The molecule has 0 atom stereocenters. The Balaban J connectivity index is 4.40. The van der Waals surface area contributed by atoms with E-state index in [1.54, 1.807) is 0 Å². The summed E-state index contributed by atoms with van der Waals surface area (Å²) in [6.07, 6.45) is 0. The second-order valence-corrected chi connectivity index (χ2v) is 6.04. The lowest BCUT2D eigenvalue weighted by molar-refractivity contribution is 1.16. The molecular formula is C4H2Cl6. The van der Waals surface area contributed by atoms with Crippen LogP contribution in [0.1, 0.15) is 0 Å². The molecule has 0 amide bonds. The Morgan fingerprint density at radius 3 is 1.00 bits per heavy atom. The SMILES string of the molecule is C=C(C(Cl)(Cl)Cl)C(Cl)(Cl)Cl. The first-order valence-electron chi connectivity index (χ1n) is 1.99. The van der Waals surface area contributed by atoms with Gasteiger partial charge in [0.2, 0.25) is 7.59 Å². The lowest BCUT2D eigenvalue weighted by Gasteiger charge is -2.20. The molecule has 0 saturated carbocycles. The molecule has 0 aliphatic rings. The van der Waals surface area contributed by atoms with Crippen LogP contribution in [0, 0.1) is 0 Å². The van der Waals surface area contributed by atoms with Crippen LogP contribution in [-0.2, 0) is 0 Å². The molecule has 0 spiro atoms. The van der Waals surface area contributed by atoms with Crippen LogP contribution in [0.2, 0.25) is 0 Å². The van der Waals surface area contributed by atoms with E-state index in [0.717, 1.165) is 0 Å². The molecule has 0 heterocycles. The molecule has 0 bridgehead atoms. The van der Waals surface area contributed by atoms with Crippen LogP contribution in [0.25, 0.3) is 0 Å². The van der Waals surface area contributed by atoms with Crippen LogP contribution >= 0.6 is 69.6 Å². The first-order valence-corrected chi connectivity index (χ1v) is 4.26. The second-order valence-electron chi connectivity index (χ2n) is 1.47. The number of hydrogen-bond donors (Lipinski definition) is 0. The van der Waals surface area contributed by atoms with Crippen molar-refractivity contribution in [2.75, 3.05) is 0 Å². The first kappa shape index (κ1) is 11.5. The van der Waals surface area contributed by atoms with Gasteiger partial charge in [-0.1, -0.05) is 76.2 Å². The van der Waals surface area contributed by atoms with E-state index in [1.165, 1.54) is 0 Å². The third-order valence-corrected chi connectivity index (χ3v) is 2.05. The fraction of sp³-hybridized carbons (Fsp3) is 0.500. The van der Waals surface area contributed by atoms with Gasteiger partial charge < -0.3 is 0 Å². The lowest BCUT2D eigenvalue weighted by Crippen LogP contribution is -2.19. The van der Waals surface area contributed by atoms with E-state index in [4.69, 9.17) is 69.6 Å². The summed E-state index contributed by atoms with van der Waals surface area (Å²) in [5, 5.41) is 0. The average molecular weight is 263 g/mol. The van der Waals surface area contributed by atoms with Gasteiger partial charge in [0.15, 0.2) is 0 Å². The van der Waals surface area contributed by atoms with E-state index in [-0.39, 0.29) is 5.57 Å². The van der Waals surface area contributed by atoms with Crippen molar-refractivity contribution < 1.29 is 0 Å². The molecule has 0 aliphatic carbocycles. The van der Waals surface area contributed by atoms with Crippen LogP contribution in [0.5, 0.6) is 0 Å². The summed E-state index contributed by atoms with van der Waals surface area (Å²) in [4.78, 5) is 0. The minimum atomic E-state index is -1.73. The summed E-state index contributed by atoms with van der Waals surface area (Å²) in [6, 6.07) is 0. The standard InChI is InChI=1S/C4H2Cl6/c1-2(3(5,6)7)4(8,9)10/h1H2. The Hall–Kier alpha value is 1.48. The van der Waals surface area contributed by atoms with Gasteiger partial charge in [0, 0.05) is 5.57 Å². The van der Waals surface area contributed by atoms with Gasteiger partial charge in [0.05, 0.1) is 0 Å². The molecule has 0 aromatic carbocycles. The lowest BCUT2D eigenvalue weighted by atomic mass is 10.4. The molecule has 60 valence electrons. The molecular weight excluding hydrogens is 261 g/mol. The number of allylic oxidation sites excluding steroid dienone is 1. The fourth-order valence-electron chi connectivity index (χ4n) is 0.161. The molecule has 0 fully saturated rings. The topological polar surface area (TPSA) is 0 Å². The van der Waals surface area contributed by atoms with Crippen molar-refractivity contribution in [2.24, 2.45) is 0 Å². The molecule has 0 aromatic rings. The maximum absolute atomic E-state index is 5.35. The van der Waals surface area contributed by atoms with Crippen molar-refractivity contribution in [3.63, 3.8) is 0 Å². The van der Waals surface area contributed by atoms with E-state index >= 15 is 0 Å². The minimum Gasteiger partial charge on any atom is -0.0913 e. The Labute approximate surface area is 89.0 Å². The zero-order valence-electron chi connectivity index (χ0n) is 4.47. The molecule has 6 heteroatoms. The Morgan fingerprint density at radius 2 is 1.00 bits per heavy atom. The number of hydrogen-bond acceptors (Lipinski definition) is 0. The van der Waals surface area contributed by atoms with Gasteiger partial charge >= 0.3 is 0 Å². The maximum Gasteiger partial charge on any atom is 0.215 e. The van der Waals surface area contributed by atoms with Crippen molar-refractivity contribution >= 4 is 69.6 Å². The Morgan fingerprint density at radius 1 is 0.800 bits per heavy atom. The summed E-state index contributed by atoms with van der Waals surface area (Å²) >= 11 is 32.1. The van der Waals surface area contributed by atoms with Gasteiger partial charge in [0.1, 0.15) is 0 Å². The molecule has 0 radical (unpaired) electrons. The minimum absolute atomic E-state index is 0.0880. The van der Waals surface area contributed by atoms with Crippen molar-refractivity contribution in [3.8, 4) is 0 Å². The molecule has 0 N–H and O–H groups in total. The summed E-state index contributed by atoms with van der Waals surface area (Å²) in [7, 11) is 0. The highest BCUT2D eigenvalue weighted by Crippen LogP contribution is 2.46. The van der Waals surface area contributed by atoms with Crippen LogP contribution in [0.15, 0.2) is 12.2 Å². The van der Waals surface area contributed by atoms with Gasteiger partial charge in [-0.3, -0.25) is 0 Å². The van der Waals surface area contributed by atoms with E-state index in [9.17, 15) is 0 Å². The molecule has 0 saturated heterocycles. The fourth-order valence-corrected chi connectivity index (χ4v) is 1.45. The van der Waals surface area contributed by atoms with E-state index in [2.05, 4.69) is 6.58 Å². The van der Waals surface area contributed by atoms with Crippen LogP contribution in [-0.4, -0.2) is 7.59 Å². The zero-order chi connectivity index (χ0) is 8.58. The van der Waals surface area contributed by atoms with E-state index in [1.807, 2.05) is 0 Å². The van der Waals surface area contributed by atoms with Crippen LogP contribution < -0.4 is 0 Å². The highest BCUT2D eigenvalue weighted by molar-refractivity contribution is 6.75. The second kappa shape index (κ2) is 3.47. The third kappa shape index (κ3) is 3.75. The molecule has 0 rings (SSSR count). The van der Waals surface area contributed by atoms with Crippen LogP contribution in [0.3, 0.4) is 0 Å². The smallest absolute Gasteiger partial charge is 0.0913 e. The van der Waals surface area contributed by atoms with Crippen molar-refractivity contribution in [1.82, 2.24) is 0 Å². The van der Waals surface area contributed by atoms with Crippen molar-refractivity contribution in [3.05, 3.63) is 12.2 Å². The van der Waals surface area contributed by atoms with Crippen molar-refractivity contribution in [1.29, 1.82) is 0 Å². The summed E-state index contributed by atoms with van der Waals surface area (Å²) in [6.45, 7) is 3.31. The quantitative estimate of drug-likeness (QED) is 0.451. The largest absolute Gasteiger partial charge is 0.215 e. The van der Waals surface area contributed by atoms with Gasteiger partial charge in [-0.2, -0.15) is 0 Å². The third-order valence-electron chi connectivity index (χ3n) is 0.684. The van der Waals surface area contributed by atoms with Crippen LogP contribution in [0.4, 0.5) is 0 Å². The average Bonchev–Trinajstić information content (AvgIpc) is 1.59. The molecule has 0 unspecified atom stereocenters. The number of alkyl halides is 6. The highest BCUT2D eigenvalue weighted by Gasteiger charge is 2.38. The summed E-state index contributed by atoms with van der Waals surface area (Å²) in [5.74, 6) is 0. The normalized spacial score (nSPS) is 13.4. The predicted molar refractivity (Wildman–Crippen MR) is 49.7 cm³/mol.